The average molecular weight is 284 g/mol. The lowest BCUT2D eigenvalue weighted by atomic mass is 9.77. The summed E-state index contributed by atoms with van der Waals surface area (Å²) in [4.78, 5) is 0. The molecule has 2 nitrogen and oxygen atoms in total. The third-order valence-corrected chi connectivity index (χ3v) is 3.95. The smallest absolute Gasteiger partial charge is 0.123 e. The van der Waals surface area contributed by atoms with Crippen LogP contribution in [0.5, 0.6) is 5.75 Å². The van der Waals surface area contributed by atoms with Crippen molar-refractivity contribution in [1.82, 2.24) is 5.32 Å². The van der Waals surface area contributed by atoms with Crippen LogP contribution in [-0.2, 0) is 0 Å². The Hall–Kier alpha value is -0.540. The van der Waals surface area contributed by atoms with Gasteiger partial charge in [-0.05, 0) is 44.0 Å². The van der Waals surface area contributed by atoms with Crippen LogP contribution < -0.4 is 10.1 Å². The summed E-state index contributed by atoms with van der Waals surface area (Å²) in [5.74, 6) is 1.74. The molecule has 1 aliphatic carbocycles. The zero-order valence-corrected chi connectivity index (χ0v) is 11.4. The standard InChI is InChI=1S/C13H18BrNO/c1-15-13(9-4-3-5-9)11-8-10(14)6-7-12(11)16-2/h6-9,13,15H,3-5H2,1-2H3. The minimum absolute atomic E-state index is 0.418. The minimum Gasteiger partial charge on any atom is -0.496 e. The Balaban J connectivity index is 2.31. The van der Waals surface area contributed by atoms with Crippen molar-refractivity contribution in [3.8, 4) is 5.75 Å². The van der Waals surface area contributed by atoms with E-state index in [-0.39, 0.29) is 0 Å². The maximum atomic E-state index is 5.44. The van der Waals surface area contributed by atoms with Crippen LogP contribution in [0.25, 0.3) is 0 Å². The van der Waals surface area contributed by atoms with Gasteiger partial charge < -0.3 is 10.1 Å². The molecule has 0 spiro atoms. The third kappa shape index (κ3) is 2.25. The van der Waals surface area contributed by atoms with Gasteiger partial charge in [0.1, 0.15) is 5.75 Å². The number of methoxy groups -OCH3 is 1. The van der Waals surface area contributed by atoms with E-state index in [0.717, 1.165) is 16.1 Å². The van der Waals surface area contributed by atoms with Crippen LogP contribution in [0.3, 0.4) is 0 Å². The van der Waals surface area contributed by atoms with Crippen LogP contribution in [0.2, 0.25) is 0 Å². The van der Waals surface area contributed by atoms with Crippen LogP contribution in [0.1, 0.15) is 30.9 Å². The van der Waals surface area contributed by atoms with E-state index in [0.29, 0.717) is 6.04 Å². The van der Waals surface area contributed by atoms with Crippen molar-refractivity contribution in [2.45, 2.75) is 25.3 Å². The van der Waals surface area contributed by atoms with Gasteiger partial charge in [0.25, 0.3) is 0 Å². The molecule has 1 atom stereocenters. The van der Waals surface area contributed by atoms with Gasteiger partial charge in [0, 0.05) is 16.1 Å². The summed E-state index contributed by atoms with van der Waals surface area (Å²) in [5.41, 5.74) is 1.27. The topological polar surface area (TPSA) is 21.3 Å². The van der Waals surface area contributed by atoms with E-state index >= 15 is 0 Å². The molecule has 0 heterocycles. The van der Waals surface area contributed by atoms with E-state index in [4.69, 9.17) is 4.74 Å². The molecule has 16 heavy (non-hydrogen) atoms. The Morgan fingerprint density at radius 3 is 2.69 bits per heavy atom. The molecule has 0 aromatic heterocycles. The molecule has 3 heteroatoms. The minimum atomic E-state index is 0.418. The second kappa shape index (κ2) is 5.19. The molecule has 1 aliphatic rings. The molecular weight excluding hydrogens is 266 g/mol. The van der Waals surface area contributed by atoms with Gasteiger partial charge in [-0.25, -0.2) is 0 Å². The molecule has 0 radical (unpaired) electrons. The van der Waals surface area contributed by atoms with Gasteiger partial charge in [-0.1, -0.05) is 22.4 Å². The zero-order valence-electron chi connectivity index (χ0n) is 9.79. The molecule has 1 aromatic carbocycles. The summed E-state index contributed by atoms with van der Waals surface area (Å²) in [6.45, 7) is 0. The van der Waals surface area contributed by atoms with Crippen molar-refractivity contribution in [3.05, 3.63) is 28.2 Å². The third-order valence-electron chi connectivity index (χ3n) is 3.46. The molecule has 1 fully saturated rings. The van der Waals surface area contributed by atoms with Gasteiger partial charge in [-0.15, -0.1) is 0 Å². The lowest BCUT2D eigenvalue weighted by Gasteiger charge is -2.34. The Kier molecular flexibility index (Phi) is 3.87. The molecule has 1 aromatic rings. The summed E-state index contributed by atoms with van der Waals surface area (Å²) in [7, 11) is 3.77. The monoisotopic (exact) mass is 283 g/mol. The highest BCUT2D eigenvalue weighted by Crippen LogP contribution is 2.41. The number of halogens is 1. The van der Waals surface area contributed by atoms with Gasteiger partial charge in [0.15, 0.2) is 0 Å². The highest BCUT2D eigenvalue weighted by atomic mass is 79.9. The Labute approximate surface area is 106 Å². The van der Waals surface area contributed by atoms with E-state index in [9.17, 15) is 0 Å². The SMILES string of the molecule is CNC(c1cc(Br)ccc1OC)C1CCC1. The normalized spacial score (nSPS) is 17.9. The largest absolute Gasteiger partial charge is 0.496 e. The van der Waals surface area contributed by atoms with Crippen LogP contribution >= 0.6 is 15.9 Å². The number of hydrogen-bond donors (Lipinski definition) is 1. The van der Waals surface area contributed by atoms with Crippen molar-refractivity contribution in [3.63, 3.8) is 0 Å². The van der Waals surface area contributed by atoms with Crippen LogP contribution in [0, 0.1) is 5.92 Å². The maximum Gasteiger partial charge on any atom is 0.123 e. The van der Waals surface area contributed by atoms with Crippen molar-refractivity contribution in [1.29, 1.82) is 0 Å². The number of nitrogens with one attached hydrogen (secondary N) is 1. The molecule has 2 rings (SSSR count). The molecule has 0 aliphatic heterocycles. The first-order valence-electron chi connectivity index (χ1n) is 5.77. The zero-order chi connectivity index (χ0) is 11.5. The highest BCUT2D eigenvalue weighted by Gasteiger charge is 2.29. The molecule has 0 saturated heterocycles. The Bertz CT molecular complexity index is 363. The molecule has 1 unspecified atom stereocenters. The number of hydrogen-bond acceptors (Lipinski definition) is 2. The van der Waals surface area contributed by atoms with E-state index < -0.39 is 0 Å². The predicted molar refractivity (Wildman–Crippen MR) is 69.8 cm³/mol. The second-order valence-corrected chi connectivity index (χ2v) is 5.26. The van der Waals surface area contributed by atoms with Crippen molar-refractivity contribution in [2.75, 3.05) is 14.2 Å². The van der Waals surface area contributed by atoms with Crippen molar-refractivity contribution in [2.24, 2.45) is 5.92 Å². The van der Waals surface area contributed by atoms with E-state index in [2.05, 4.69) is 27.3 Å². The first-order valence-corrected chi connectivity index (χ1v) is 6.56. The van der Waals surface area contributed by atoms with Gasteiger partial charge in [0.05, 0.1) is 7.11 Å². The number of benzene rings is 1. The van der Waals surface area contributed by atoms with Crippen LogP contribution in [0.15, 0.2) is 22.7 Å². The Morgan fingerprint density at radius 2 is 2.19 bits per heavy atom. The predicted octanol–water partition coefficient (Wildman–Crippen LogP) is 3.52. The summed E-state index contributed by atoms with van der Waals surface area (Å²) >= 11 is 3.53. The first kappa shape index (κ1) is 11.9. The molecule has 0 amide bonds. The fourth-order valence-electron chi connectivity index (χ4n) is 2.37. The lowest BCUT2D eigenvalue weighted by molar-refractivity contribution is 0.235. The Morgan fingerprint density at radius 1 is 1.44 bits per heavy atom. The molecule has 1 N–H and O–H groups in total. The molecular formula is C13H18BrNO. The first-order chi connectivity index (χ1) is 7.76. The second-order valence-electron chi connectivity index (χ2n) is 4.34. The van der Waals surface area contributed by atoms with Gasteiger partial charge in [0.2, 0.25) is 0 Å². The van der Waals surface area contributed by atoms with Gasteiger partial charge >= 0.3 is 0 Å². The number of ether oxygens (including phenoxy) is 1. The van der Waals surface area contributed by atoms with Gasteiger partial charge in [-0.3, -0.25) is 0 Å². The number of rotatable bonds is 4. The van der Waals surface area contributed by atoms with Crippen molar-refractivity contribution >= 4 is 15.9 Å². The summed E-state index contributed by atoms with van der Waals surface area (Å²) < 4.78 is 6.55. The molecule has 1 saturated carbocycles. The summed E-state index contributed by atoms with van der Waals surface area (Å²) in [6, 6.07) is 6.64. The van der Waals surface area contributed by atoms with E-state index in [1.54, 1.807) is 7.11 Å². The highest BCUT2D eigenvalue weighted by molar-refractivity contribution is 9.10. The maximum absolute atomic E-state index is 5.44. The molecule has 88 valence electrons. The quantitative estimate of drug-likeness (QED) is 0.913. The summed E-state index contributed by atoms with van der Waals surface area (Å²) in [5, 5.41) is 3.42. The van der Waals surface area contributed by atoms with Gasteiger partial charge in [-0.2, -0.15) is 0 Å². The average Bonchev–Trinajstić information content (AvgIpc) is 2.23. The fraction of sp³-hybridized carbons (Fsp3) is 0.538. The van der Waals surface area contributed by atoms with E-state index in [1.165, 1.54) is 24.8 Å². The molecule has 0 bridgehead atoms. The van der Waals surface area contributed by atoms with Crippen LogP contribution in [0.4, 0.5) is 0 Å². The fourth-order valence-corrected chi connectivity index (χ4v) is 2.75. The summed E-state index contributed by atoms with van der Waals surface area (Å²) in [6.07, 6.45) is 4.00. The van der Waals surface area contributed by atoms with E-state index in [1.807, 2.05) is 19.2 Å². The van der Waals surface area contributed by atoms with Crippen LogP contribution in [-0.4, -0.2) is 14.2 Å². The van der Waals surface area contributed by atoms with Crippen molar-refractivity contribution < 1.29 is 4.74 Å². The lowest BCUT2D eigenvalue weighted by Crippen LogP contribution is -2.30.